The first-order valence-corrected chi connectivity index (χ1v) is 13.3. The van der Waals surface area contributed by atoms with E-state index in [1.54, 1.807) is 11.3 Å². The largest absolute Gasteiger partial charge is 0.481 e. The summed E-state index contributed by atoms with van der Waals surface area (Å²) in [5.41, 5.74) is 9.43. The maximum Gasteiger partial charge on any atom is 0.307 e. The minimum atomic E-state index is -0.868. The van der Waals surface area contributed by atoms with Crippen molar-refractivity contribution in [2.75, 3.05) is 0 Å². The van der Waals surface area contributed by atoms with Crippen LogP contribution in [0.15, 0.2) is 67.0 Å². The lowest BCUT2D eigenvalue weighted by molar-refractivity contribution is -0.136. The van der Waals surface area contributed by atoms with Crippen molar-refractivity contribution in [1.82, 2.24) is 19.7 Å². The lowest BCUT2D eigenvalue weighted by atomic mass is 9.93. The Morgan fingerprint density at radius 3 is 2.58 bits per heavy atom. The van der Waals surface area contributed by atoms with E-state index in [1.807, 2.05) is 67.4 Å². The quantitative estimate of drug-likeness (QED) is 0.246. The summed E-state index contributed by atoms with van der Waals surface area (Å²) in [4.78, 5) is 21.4. The second-order valence-electron chi connectivity index (χ2n) is 9.42. The zero-order valence-corrected chi connectivity index (χ0v) is 22.6. The number of rotatable bonds is 5. The summed E-state index contributed by atoms with van der Waals surface area (Å²) < 4.78 is 2.83. The van der Waals surface area contributed by atoms with Gasteiger partial charge in [0.1, 0.15) is 5.01 Å². The van der Waals surface area contributed by atoms with Crippen molar-refractivity contribution in [3.8, 4) is 33.0 Å². The fourth-order valence-corrected chi connectivity index (χ4v) is 6.21. The second kappa shape index (κ2) is 9.35. The van der Waals surface area contributed by atoms with Gasteiger partial charge in [0.05, 0.1) is 34.0 Å². The monoisotopic (exact) mass is 538 g/mol. The lowest BCUT2D eigenvalue weighted by Gasteiger charge is -2.13. The molecule has 8 heteroatoms. The van der Waals surface area contributed by atoms with Gasteiger partial charge in [0.15, 0.2) is 0 Å². The molecule has 0 saturated heterocycles. The zero-order chi connectivity index (χ0) is 26.6. The first-order chi connectivity index (χ1) is 18.3. The van der Waals surface area contributed by atoms with E-state index in [0.29, 0.717) is 5.02 Å². The number of halogens is 1. The Morgan fingerprint density at radius 2 is 1.82 bits per heavy atom. The van der Waals surface area contributed by atoms with Crippen LogP contribution < -0.4 is 0 Å². The number of aryl methyl sites for hydroxylation is 3. The van der Waals surface area contributed by atoms with Crippen LogP contribution in [-0.4, -0.2) is 30.8 Å². The van der Waals surface area contributed by atoms with Crippen molar-refractivity contribution in [1.29, 1.82) is 0 Å². The van der Waals surface area contributed by atoms with E-state index >= 15 is 0 Å². The van der Waals surface area contributed by atoms with Crippen LogP contribution in [0.1, 0.15) is 16.7 Å². The number of carboxylic acid groups (broad SMARTS) is 1. The van der Waals surface area contributed by atoms with Crippen LogP contribution >= 0.6 is 22.9 Å². The van der Waals surface area contributed by atoms with Gasteiger partial charge in [-0.3, -0.25) is 14.5 Å². The predicted molar refractivity (Wildman–Crippen MR) is 154 cm³/mol. The number of aromatic nitrogens is 4. The molecule has 0 aliphatic carbocycles. The molecule has 0 unspecified atom stereocenters. The van der Waals surface area contributed by atoms with Gasteiger partial charge in [0.25, 0.3) is 0 Å². The Labute approximate surface area is 228 Å². The second-order valence-corrected chi connectivity index (χ2v) is 10.9. The molecule has 0 spiro atoms. The van der Waals surface area contributed by atoms with Gasteiger partial charge in [-0.2, -0.15) is 5.10 Å². The van der Waals surface area contributed by atoms with Gasteiger partial charge in [-0.25, -0.2) is 4.98 Å². The number of pyridine rings is 1. The fourth-order valence-electron chi connectivity index (χ4n) is 4.95. The maximum absolute atomic E-state index is 11.8. The number of hydrogen-bond acceptors (Lipinski definition) is 5. The van der Waals surface area contributed by atoms with Crippen LogP contribution in [-0.2, 0) is 18.3 Å². The molecule has 0 atom stereocenters. The van der Waals surface area contributed by atoms with Crippen molar-refractivity contribution in [3.63, 3.8) is 0 Å². The topological polar surface area (TPSA) is 80.9 Å². The van der Waals surface area contributed by atoms with Crippen LogP contribution in [0.3, 0.4) is 0 Å². The van der Waals surface area contributed by atoms with Gasteiger partial charge in [-0.15, -0.1) is 11.3 Å². The number of hydrogen-bond donors (Lipinski definition) is 1. The van der Waals surface area contributed by atoms with E-state index in [2.05, 4.69) is 35.2 Å². The molecule has 0 saturated carbocycles. The van der Waals surface area contributed by atoms with Gasteiger partial charge >= 0.3 is 5.97 Å². The molecule has 3 heterocycles. The standard InChI is InChI=1S/C30H23ClN4O2S/c1-16-10-25-29(28(23(16)14-27(36)37)18-4-6-21(31)7-5-18)38-30(34-25)19-8-9-32-24(13-19)22-12-20-15-33-35(3)26(20)11-17(22)2/h4-13,15H,14H2,1-3H3,(H,36,37). The number of thiazole rings is 1. The average molecular weight is 539 g/mol. The van der Waals surface area contributed by atoms with E-state index in [9.17, 15) is 9.90 Å². The molecule has 0 fully saturated rings. The van der Waals surface area contributed by atoms with Gasteiger partial charge in [0.2, 0.25) is 0 Å². The Hall–Kier alpha value is -4.07. The summed E-state index contributed by atoms with van der Waals surface area (Å²) >= 11 is 7.71. The van der Waals surface area contributed by atoms with Gasteiger partial charge in [0, 0.05) is 40.3 Å². The van der Waals surface area contributed by atoms with Crippen molar-refractivity contribution < 1.29 is 9.90 Å². The number of nitrogens with zero attached hydrogens (tertiary/aromatic N) is 4. The average Bonchev–Trinajstić information content (AvgIpc) is 3.47. The zero-order valence-electron chi connectivity index (χ0n) is 21.0. The Kier molecular flexibility index (Phi) is 5.97. The van der Waals surface area contributed by atoms with Gasteiger partial charge in [-0.1, -0.05) is 23.7 Å². The van der Waals surface area contributed by atoms with Crippen molar-refractivity contribution >= 4 is 50.0 Å². The lowest BCUT2D eigenvalue weighted by Crippen LogP contribution is -2.04. The molecule has 0 bridgehead atoms. The molecular formula is C30H23ClN4O2S. The molecule has 3 aromatic carbocycles. The molecule has 3 aromatic heterocycles. The summed E-state index contributed by atoms with van der Waals surface area (Å²) in [6.07, 6.45) is 3.61. The van der Waals surface area contributed by atoms with E-state index in [1.165, 1.54) is 0 Å². The Balaban J connectivity index is 1.51. The van der Waals surface area contributed by atoms with Crippen molar-refractivity contribution in [3.05, 3.63) is 88.7 Å². The molecule has 6 nitrogen and oxygen atoms in total. The molecule has 0 aliphatic heterocycles. The number of aliphatic carboxylic acids is 1. The van der Waals surface area contributed by atoms with Crippen LogP contribution in [0.5, 0.6) is 0 Å². The van der Waals surface area contributed by atoms with E-state index in [4.69, 9.17) is 16.6 Å². The summed E-state index contributed by atoms with van der Waals surface area (Å²) in [7, 11) is 1.94. The molecule has 6 rings (SSSR count). The molecule has 6 aromatic rings. The van der Waals surface area contributed by atoms with Gasteiger partial charge < -0.3 is 5.11 Å². The highest BCUT2D eigenvalue weighted by Gasteiger charge is 2.20. The first-order valence-electron chi connectivity index (χ1n) is 12.1. The highest BCUT2D eigenvalue weighted by atomic mass is 35.5. The minimum absolute atomic E-state index is 0.0670. The summed E-state index contributed by atoms with van der Waals surface area (Å²) in [6, 6.07) is 17.8. The SMILES string of the molecule is Cc1cc2c(cnn2C)cc1-c1cc(-c2nc3cc(C)c(CC(=O)O)c(-c4ccc(Cl)cc4)c3s2)ccn1. The van der Waals surface area contributed by atoms with E-state index in [0.717, 1.165) is 70.8 Å². The first kappa shape index (κ1) is 24.3. The minimum Gasteiger partial charge on any atom is -0.481 e. The highest BCUT2D eigenvalue weighted by molar-refractivity contribution is 7.22. The third-order valence-corrected chi connectivity index (χ3v) is 8.24. The molecular weight excluding hydrogens is 516 g/mol. The molecule has 1 N–H and O–H groups in total. The highest BCUT2D eigenvalue weighted by Crippen LogP contribution is 2.41. The van der Waals surface area contributed by atoms with Gasteiger partial charge in [-0.05, 0) is 78.6 Å². The van der Waals surface area contributed by atoms with Crippen LogP contribution in [0.4, 0.5) is 0 Å². The smallest absolute Gasteiger partial charge is 0.307 e. The molecule has 0 amide bonds. The molecule has 0 radical (unpaired) electrons. The van der Waals surface area contributed by atoms with E-state index in [-0.39, 0.29) is 6.42 Å². The number of fused-ring (bicyclic) bond motifs is 2. The molecule has 0 aliphatic rings. The van der Waals surface area contributed by atoms with Crippen LogP contribution in [0.25, 0.3) is 54.1 Å². The van der Waals surface area contributed by atoms with Crippen molar-refractivity contribution in [2.45, 2.75) is 20.3 Å². The predicted octanol–water partition coefficient (Wildman–Crippen LogP) is 7.48. The fraction of sp³-hybridized carbons (Fsp3) is 0.133. The van der Waals surface area contributed by atoms with E-state index < -0.39 is 5.97 Å². The Morgan fingerprint density at radius 1 is 1.03 bits per heavy atom. The summed E-state index contributed by atoms with van der Waals surface area (Å²) in [6.45, 7) is 4.02. The number of carbonyl (C=O) groups is 1. The normalized spacial score (nSPS) is 11.5. The third-order valence-electron chi connectivity index (χ3n) is 6.85. The van der Waals surface area contributed by atoms with Crippen LogP contribution in [0, 0.1) is 13.8 Å². The molecule has 188 valence electrons. The maximum atomic E-state index is 11.8. The summed E-state index contributed by atoms with van der Waals surface area (Å²) in [5.74, 6) is -0.868. The number of carboxylic acids is 1. The molecule has 38 heavy (non-hydrogen) atoms. The third kappa shape index (κ3) is 4.23. The van der Waals surface area contributed by atoms with Crippen molar-refractivity contribution in [2.24, 2.45) is 7.05 Å². The summed E-state index contributed by atoms with van der Waals surface area (Å²) in [5, 5.41) is 16.6. The number of benzene rings is 3. The van der Waals surface area contributed by atoms with Crippen LogP contribution in [0.2, 0.25) is 5.02 Å². The Bertz CT molecular complexity index is 1870.